The largest absolute Gasteiger partial charge is 0.491 e. The lowest BCUT2D eigenvalue weighted by Crippen LogP contribution is -2.29. The van der Waals surface area contributed by atoms with E-state index in [1.165, 1.54) is 5.69 Å². The topological polar surface area (TPSA) is 36.3 Å². The molecule has 1 aromatic rings. The molecule has 3 nitrogen and oxygen atoms in total. The van der Waals surface area contributed by atoms with Gasteiger partial charge in [-0.3, -0.25) is 0 Å². The zero-order valence-corrected chi connectivity index (χ0v) is 11.3. The molecule has 1 fully saturated rings. The van der Waals surface area contributed by atoms with Crippen molar-refractivity contribution in [2.75, 3.05) is 11.4 Å². The van der Waals surface area contributed by atoms with Crippen LogP contribution in [0.2, 0.25) is 0 Å². The summed E-state index contributed by atoms with van der Waals surface area (Å²) in [5.41, 5.74) is 1.18. The number of nitrogens with zero attached hydrogens (tertiary/aromatic N) is 2. The lowest BCUT2D eigenvalue weighted by molar-refractivity contribution is 0.242. The van der Waals surface area contributed by atoms with Crippen LogP contribution in [0.5, 0.6) is 5.75 Å². The Morgan fingerprint density at radius 2 is 2.00 bits per heavy atom. The van der Waals surface area contributed by atoms with Crippen LogP contribution in [0, 0.1) is 17.2 Å². The number of benzene rings is 1. The van der Waals surface area contributed by atoms with Gasteiger partial charge in [-0.15, -0.1) is 0 Å². The van der Waals surface area contributed by atoms with E-state index in [1.807, 2.05) is 26.0 Å². The Morgan fingerprint density at radius 1 is 1.33 bits per heavy atom. The summed E-state index contributed by atoms with van der Waals surface area (Å²) in [6.45, 7) is 7.13. The first-order valence-electron chi connectivity index (χ1n) is 6.55. The second kappa shape index (κ2) is 5.30. The Hall–Kier alpha value is -1.69. The number of hydrogen-bond donors (Lipinski definition) is 0. The van der Waals surface area contributed by atoms with E-state index in [0.717, 1.165) is 18.7 Å². The van der Waals surface area contributed by atoms with Crippen molar-refractivity contribution in [1.82, 2.24) is 0 Å². The van der Waals surface area contributed by atoms with Crippen molar-refractivity contribution in [3.63, 3.8) is 0 Å². The van der Waals surface area contributed by atoms with Crippen molar-refractivity contribution >= 4 is 5.69 Å². The van der Waals surface area contributed by atoms with Crippen LogP contribution in [-0.2, 0) is 0 Å². The van der Waals surface area contributed by atoms with Crippen LogP contribution in [0.3, 0.4) is 0 Å². The monoisotopic (exact) mass is 244 g/mol. The van der Waals surface area contributed by atoms with E-state index in [-0.39, 0.29) is 12.0 Å². The Morgan fingerprint density at radius 3 is 2.50 bits per heavy atom. The van der Waals surface area contributed by atoms with Gasteiger partial charge >= 0.3 is 0 Å². The van der Waals surface area contributed by atoms with Gasteiger partial charge in [-0.1, -0.05) is 0 Å². The van der Waals surface area contributed by atoms with Crippen LogP contribution in [0.15, 0.2) is 24.3 Å². The first kappa shape index (κ1) is 12.8. The van der Waals surface area contributed by atoms with Gasteiger partial charge in [-0.05, 0) is 51.5 Å². The summed E-state index contributed by atoms with van der Waals surface area (Å²) in [6.07, 6.45) is 1.16. The van der Waals surface area contributed by atoms with E-state index in [1.54, 1.807) is 0 Å². The van der Waals surface area contributed by atoms with Crippen LogP contribution in [-0.4, -0.2) is 18.7 Å². The molecule has 2 unspecified atom stereocenters. The molecule has 1 aliphatic rings. The highest BCUT2D eigenvalue weighted by molar-refractivity contribution is 5.51. The van der Waals surface area contributed by atoms with E-state index in [4.69, 9.17) is 10.00 Å². The number of ether oxygens (including phenoxy) is 1. The van der Waals surface area contributed by atoms with E-state index in [9.17, 15) is 0 Å². The number of hydrogen-bond acceptors (Lipinski definition) is 3. The molecular weight excluding hydrogens is 224 g/mol. The van der Waals surface area contributed by atoms with Crippen molar-refractivity contribution in [3.05, 3.63) is 24.3 Å². The third-order valence-corrected chi connectivity index (χ3v) is 3.46. The lowest BCUT2D eigenvalue weighted by Gasteiger charge is -2.25. The molecule has 0 amide bonds. The summed E-state index contributed by atoms with van der Waals surface area (Å²) in [6, 6.07) is 10.8. The van der Waals surface area contributed by atoms with E-state index < -0.39 is 0 Å². The average molecular weight is 244 g/mol. The zero-order chi connectivity index (χ0) is 13.1. The molecule has 0 radical (unpaired) electrons. The molecule has 2 atom stereocenters. The van der Waals surface area contributed by atoms with Gasteiger partial charge in [0.1, 0.15) is 5.75 Å². The van der Waals surface area contributed by atoms with Gasteiger partial charge in [0.25, 0.3) is 0 Å². The molecule has 0 N–H and O–H groups in total. The molecule has 0 aromatic heterocycles. The molecule has 0 aliphatic carbocycles. The number of rotatable bonds is 3. The van der Waals surface area contributed by atoms with Gasteiger partial charge in [0.2, 0.25) is 0 Å². The summed E-state index contributed by atoms with van der Waals surface area (Å²) in [5.74, 6) is 1.05. The quantitative estimate of drug-likeness (QED) is 0.819. The van der Waals surface area contributed by atoms with Crippen molar-refractivity contribution in [1.29, 1.82) is 5.26 Å². The third-order valence-electron chi connectivity index (χ3n) is 3.46. The van der Waals surface area contributed by atoms with E-state index in [2.05, 4.69) is 30.0 Å². The number of anilines is 1. The Labute approximate surface area is 109 Å². The summed E-state index contributed by atoms with van der Waals surface area (Å²) < 4.78 is 5.63. The molecule has 0 spiro atoms. The van der Waals surface area contributed by atoms with Crippen LogP contribution < -0.4 is 9.64 Å². The minimum absolute atomic E-state index is 0.150. The van der Waals surface area contributed by atoms with Gasteiger partial charge in [0.15, 0.2) is 0 Å². The molecule has 1 heterocycles. The van der Waals surface area contributed by atoms with Crippen LogP contribution in [0.25, 0.3) is 0 Å². The molecule has 1 aromatic carbocycles. The Bertz CT molecular complexity index is 433. The maximum absolute atomic E-state index is 9.05. The Balaban J connectivity index is 2.09. The molecule has 3 heteroatoms. The first-order valence-corrected chi connectivity index (χ1v) is 6.55. The molecule has 0 bridgehead atoms. The molecule has 0 saturated carbocycles. The minimum Gasteiger partial charge on any atom is -0.491 e. The van der Waals surface area contributed by atoms with Crippen LogP contribution >= 0.6 is 0 Å². The van der Waals surface area contributed by atoms with E-state index in [0.29, 0.717) is 6.04 Å². The summed E-state index contributed by atoms with van der Waals surface area (Å²) in [4.78, 5) is 2.30. The zero-order valence-electron chi connectivity index (χ0n) is 11.3. The predicted octanol–water partition coefficient (Wildman–Crippen LogP) is 3.21. The highest BCUT2D eigenvalue weighted by Crippen LogP contribution is 2.30. The normalized spacial score (nSPS) is 23.2. The molecule has 2 rings (SSSR count). The summed E-state index contributed by atoms with van der Waals surface area (Å²) in [7, 11) is 0. The third kappa shape index (κ3) is 2.59. The standard InChI is InChI=1S/C15H20N2O/c1-11(2)18-15-6-4-14(5-7-15)17-9-8-13(10-16)12(17)3/h4-7,11-13H,8-9H2,1-3H3. The molecule has 1 aliphatic heterocycles. The summed E-state index contributed by atoms with van der Waals surface area (Å²) in [5, 5.41) is 9.05. The molecular formula is C15H20N2O. The van der Waals surface area contributed by atoms with Crippen LogP contribution in [0.1, 0.15) is 27.2 Å². The van der Waals surface area contributed by atoms with Crippen molar-refractivity contribution < 1.29 is 4.74 Å². The van der Waals surface area contributed by atoms with Gasteiger partial charge in [0.05, 0.1) is 18.1 Å². The minimum atomic E-state index is 0.150. The second-order valence-corrected chi connectivity index (χ2v) is 5.12. The van der Waals surface area contributed by atoms with Crippen molar-refractivity contribution in [2.24, 2.45) is 5.92 Å². The smallest absolute Gasteiger partial charge is 0.119 e. The Kier molecular flexibility index (Phi) is 3.76. The van der Waals surface area contributed by atoms with Gasteiger partial charge in [0, 0.05) is 18.3 Å². The lowest BCUT2D eigenvalue weighted by atomic mass is 10.0. The van der Waals surface area contributed by atoms with Crippen LogP contribution in [0.4, 0.5) is 5.69 Å². The van der Waals surface area contributed by atoms with Crippen molar-refractivity contribution in [3.8, 4) is 11.8 Å². The predicted molar refractivity (Wildman–Crippen MR) is 72.7 cm³/mol. The second-order valence-electron chi connectivity index (χ2n) is 5.12. The SMILES string of the molecule is CC(C)Oc1ccc(N2CCC(C#N)C2C)cc1. The van der Waals surface area contributed by atoms with Crippen molar-refractivity contribution in [2.45, 2.75) is 39.3 Å². The van der Waals surface area contributed by atoms with Gasteiger partial charge in [-0.25, -0.2) is 0 Å². The molecule has 1 saturated heterocycles. The highest BCUT2D eigenvalue weighted by atomic mass is 16.5. The highest BCUT2D eigenvalue weighted by Gasteiger charge is 2.30. The fourth-order valence-electron chi connectivity index (χ4n) is 2.47. The fourth-order valence-corrected chi connectivity index (χ4v) is 2.47. The van der Waals surface area contributed by atoms with Gasteiger partial charge < -0.3 is 9.64 Å². The fraction of sp³-hybridized carbons (Fsp3) is 0.533. The average Bonchev–Trinajstić information content (AvgIpc) is 2.71. The number of nitriles is 1. The molecule has 96 valence electrons. The van der Waals surface area contributed by atoms with Gasteiger partial charge in [-0.2, -0.15) is 5.26 Å². The first-order chi connectivity index (χ1) is 8.61. The maximum atomic E-state index is 9.05. The van der Waals surface area contributed by atoms with E-state index >= 15 is 0 Å². The molecule has 18 heavy (non-hydrogen) atoms. The maximum Gasteiger partial charge on any atom is 0.119 e. The summed E-state index contributed by atoms with van der Waals surface area (Å²) >= 11 is 0.